The zero-order chi connectivity index (χ0) is 20.1. The van der Waals surface area contributed by atoms with E-state index in [9.17, 15) is 4.79 Å². The van der Waals surface area contributed by atoms with Crippen molar-refractivity contribution < 1.29 is 14.3 Å². The smallest absolute Gasteiger partial charge is 0.237 e. The molecule has 154 valence electrons. The molecule has 1 fully saturated rings. The minimum atomic E-state index is 0.209. The fourth-order valence-corrected chi connectivity index (χ4v) is 4.59. The first-order valence-electron chi connectivity index (χ1n) is 10.3. The van der Waals surface area contributed by atoms with Gasteiger partial charge in [0, 0.05) is 31.1 Å². The van der Waals surface area contributed by atoms with Crippen LogP contribution in [-0.2, 0) is 17.9 Å². The highest BCUT2D eigenvalue weighted by molar-refractivity contribution is 8.00. The number of ether oxygens (including phenoxy) is 2. The number of anilines is 1. The first kappa shape index (κ1) is 20.1. The Morgan fingerprint density at radius 3 is 2.48 bits per heavy atom. The van der Waals surface area contributed by atoms with Crippen LogP contribution in [0.4, 0.5) is 5.69 Å². The van der Waals surface area contributed by atoms with Gasteiger partial charge in [0.25, 0.3) is 0 Å². The predicted octanol–water partition coefficient (Wildman–Crippen LogP) is 3.95. The molecule has 0 atom stereocenters. The van der Waals surface area contributed by atoms with Crippen molar-refractivity contribution in [1.82, 2.24) is 4.90 Å². The van der Waals surface area contributed by atoms with Crippen LogP contribution in [0.15, 0.2) is 42.5 Å². The Kier molecular flexibility index (Phi) is 6.62. The Labute approximate surface area is 177 Å². The molecule has 0 bridgehead atoms. The van der Waals surface area contributed by atoms with Crippen molar-refractivity contribution in [1.29, 1.82) is 0 Å². The van der Waals surface area contributed by atoms with Crippen LogP contribution >= 0.6 is 11.8 Å². The summed E-state index contributed by atoms with van der Waals surface area (Å²) in [7, 11) is 0. The van der Waals surface area contributed by atoms with Crippen LogP contribution in [0.3, 0.4) is 0 Å². The van der Waals surface area contributed by atoms with Crippen LogP contribution in [0.1, 0.15) is 24.5 Å². The molecule has 5 nitrogen and oxygen atoms in total. The molecule has 0 aliphatic carbocycles. The lowest BCUT2D eigenvalue weighted by atomic mass is 10.1. The van der Waals surface area contributed by atoms with Crippen molar-refractivity contribution in [3.63, 3.8) is 0 Å². The first-order chi connectivity index (χ1) is 14.2. The average molecular weight is 413 g/mol. The summed E-state index contributed by atoms with van der Waals surface area (Å²) in [5.74, 6) is 3.48. The SMILES string of the molecule is CCCN(Cc1ccc(N2CCSCC2=O)cc1)Cc1ccc2c(c1)OCCO2. The molecule has 0 unspecified atom stereocenters. The van der Waals surface area contributed by atoms with Crippen molar-refractivity contribution in [2.45, 2.75) is 26.4 Å². The van der Waals surface area contributed by atoms with E-state index in [1.54, 1.807) is 11.8 Å². The van der Waals surface area contributed by atoms with Gasteiger partial charge in [-0.15, -0.1) is 0 Å². The van der Waals surface area contributed by atoms with E-state index >= 15 is 0 Å². The average Bonchev–Trinajstić information content (AvgIpc) is 2.75. The fraction of sp³-hybridized carbons (Fsp3) is 0.435. The summed E-state index contributed by atoms with van der Waals surface area (Å²) in [6, 6.07) is 14.7. The predicted molar refractivity (Wildman–Crippen MR) is 118 cm³/mol. The number of nitrogens with zero attached hydrogens (tertiary/aromatic N) is 2. The molecule has 1 amide bonds. The molecule has 0 spiro atoms. The Hall–Kier alpha value is -2.18. The van der Waals surface area contributed by atoms with Gasteiger partial charge in [-0.3, -0.25) is 9.69 Å². The molecular formula is C23H28N2O3S. The first-order valence-corrected chi connectivity index (χ1v) is 11.5. The van der Waals surface area contributed by atoms with E-state index in [1.165, 1.54) is 11.1 Å². The summed E-state index contributed by atoms with van der Waals surface area (Å²) in [4.78, 5) is 16.5. The number of fused-ring (bicyclic) bond motifs is 1. The second kappa shape index (κ2) is 9.55. The Morgan fingerprint density at radius 2 is 1.72 bits per heavy atom. The molecule has 2 heterocycles. The number of benzene rings is 2. The van der Waals surface area contributed by atoms with Gasteiger partial charge >= 0.3 is 0 Å². The monoisotopic (exact) mass is 412 g/mol. The molecule has 0 aromatic heterocycles. The third kappa shape index (κ3) is 5.06. The lowest BCUT2D eigenvalue weighted by molar-refractivity contribution is -0.116. The summed E-state index contributed by atoms with van der Waals surface area (Å²) in [5.41, 5.74) is 3.50. The van der Waals surface area contributed by atoms with E-state index in [2.05, 4.69) is 48.2 Å². The highest BCUT2D eigenvalue weighted by Crippen LogP contribution is 2.31. The molecule has 2 aliphatic heterocycles. The Morgan fingerprint density at radius 1 is 1.00 bits per heavy atom. The van der Waals surface area contributed by atoms with Gasteiger partial charge in [0.05, 0.1) is 5.75 Å². The maximum atomic E-state index is 12.1. The molecular weight excluding hydrogens is 384 g/mol. The van der Waals surface area contributed by atoms with Gasteiger partial charge in [0.15, 0.2) is 11.5 Å². The van der Waals surface area contributed by atoms with Crippen LogP contribution in [-0.4, -0.2) is 48.6 Å². The third-order valence-corrected chi connectivity index (χ3v) is 6.11. The lowest BCUT2D eigenvalue weighted by Crippen LogP contribution is -2.38. The van der Waals surface area contributed by atoms with Crippen LogP contribution in [0.5, 0.6) is 11.5 Å². The van der Waals surface area contributed by atoms with Crippen molar-refractivity contribution in [2.75, 3.05) is 42.7 Å². The topological polar surface area (TPSA) is 42.0 Å². The van der Waals surface area contributed by atoms with Crippen LogP contribution < -0.4 is 14.4 Å². The van der Waals surface area contributed by atoms with Crippen molar-refractivity contribution in [2.24, 2.45) is 0 Å². The summed E-state index contributed by atoms with van der Waals surface area (Å²) in [5, 5.41) is 0. The Balaban J connectivity index is 1.42. The van der Waals surface area contributed by atoms with Gasteiger partial charge in [-0.25, -0.2) is 0 Å². The van der Waals surface area contributed by atoms with E-state index in [0.717, 1.165) is 55.5 Å². The number of carbonyl (C=O) groups excluding carboxylic acids is 1. The molecule has 1 saturated heterocycles. The summed E-state index contributed by atoms with van der Waals surface area (Å²) in [6.07, 6.45) is 1.10. The number of hydrogen-bond donors (Lipinski definition) is 0. The van der Waals surface area contributed by atoms with E-state index in [1.807, 2.05) is 11.0 Å². The van der Waals surface area contributed by atoms with Gasteiger partial charge in [0.1, 0.15) is 13.2 Å². The zero-order valence-corrected chi connectivity index (χ0v) is 17.7. The van der Waals surface area contributed by atoms with E-state index in [0.29, 0.717) is 19.0 Å². The number of thioether (sulfide) groups is 1. The zero-order valence-electron chi connectivity index (χ0n) is 16.9. The van der Waals surface area contributed by atoms with Gasteiger partial charge in [-0.2, -0.15) is 11.8 Å². The van der Waals surface area contributed by atoms with Gasteiger partial charge in [-0.1, -0.05) is 25.1 Å². The fourth-order valence-electron chi connectivity index (χ4n) is 3.81. The number of amides is 1. The van der Waals surface area contributed by atoms with Crippen LogP contribution in [0, 0.1) is 0 Å². The van der Waals surface area contributed by atoms with E-state index in [-0.39, 0.29) is 5.91 Å². The second-order valence-corrected chi connectivity index (χ2v) is 8.56. The normalized spacial score (nSPS) is 16.3. The maximum absolute atomic E-state index is 12.1. The standard InChI is InChI=1S/C23H28N2O3S/c1-2-9-24(16-19-5-8-21-22(14-19)28-12-11-27-21)15-18-3-6-20(7-4-18)25-10-13-29-17-23(25)26/h3-8,14H,2,9-13,15-17H2,1H3. The molecule has 0 saturated carbocycles. The second-order valence-electron chi connectivity index (χ2n) is 7.45. The lowest BCUT2D eigenvalue weighted by Gasteiger charge is -2.27. The largest absolute Gasteiger partial charge is 0.486 e. The number of rotatable bonds is 7. The van der Waals surface area contributed by atoms with E-state index < -0.39 is 0 Å². The summed E-state index contributed by atoms with van der Waals surface area (Å²) < 4.78 is 11.4. The minimum absolute atomic E-state index is 0.209. The summed E-state index contributed by atoms with van der Waals surface area (Å²) in [6.45, 7) is 7.01. The van der Waals surface area contributed by atoms with Gasteiger partial charge < -0.3 is 14.4 Å². The maximum Gasteiger partial charge on any atom is 0.237 e. The van der Waals surface area contributed by atoms with Gasteiger partial charge in [-0.05, 0) is 48.4 Å². The quantitative estimate of drug-likeness (QED) is 0.689. The third-order valence-electron chi connectivity index (χ3n) is 5.19. The number of carbonyl (C=O) groups is 1. The van der Waals surface area contributed by atoms with Crippen molar-refractivity contribution >= 4 is 23.4 Å². The number of hydrogen-bond acceptors (Lipinski definition) is 5. The molecule has 2 aromatic rings. The molecule has 6 heteroatoms. The molecule has 0 N–H and O–H groups in total. The van der Waals surface area contributed by atoms with Gasteiger partial charge in [0.2, 0.25) is 5.91 Å². The molecule has 29 heavy (non-hydrogen) atoms. The molecule has 4 rings (SSSR count). The van der Waals surface area contributed by atoms with Crippen molar-refractivity contribution in [3.05, 3.63) is 53.6 Å². The molecule has 0 radical (unpaired) electrons. The van der Waals surface area contributed by atoms with E-state index in [4.69, 9.17) is 9.47 Å². The van der Waals surface area contributed by atoms with Crippen LogP contribution in [0.25, 0.3) is 0 Å². The molecule has 2 aliphatic rings. The highest BCUT2D eigenvalue weighted by Gasteiger charge is 2.20. The van der Waals surface area contributed by atoms with Crippen LogP contribution in [0.2, 0.25) is 0 Å². The summed E-state index contributed by atoms with van der Waals surface area (Å²) >= 11 is 1.71. The minimum Gasteiger partial charge on any atom is -0.486 e. The van der Waals surface area contributed by atoms with Crippen molar-refractivity contribution in [3.8, 4) is 11.5 Å². The molecule has 2 aromatic carbocycles. The highest BCUT2D eigenvalue weighted by atomic mass is 32.2. The Bertz CT molecular complexity index is 841.